The zero-order valence-corrected chi connectivity index (χ0v) is 12.6. The van der Waals surface area contributed by atoms with Gasteiger partial charge in [-0.25, -0.2) is 0 Å². The number of hydrogen-bond acceptors (Lipinski definition) is 3. The number of halogens is 1. The van der Waals surface area contributed by atoms with Crippen LogP contribution in [0, 0.1) is 18.3 Å². The van der Waals surface area contributed by atoms with Crippen LogP contribution in [-0.4, -0.2) is 15.8 Å². The van der Waals surface area contributed by atoms with Crippen molar-refractivity contribution in [3.05, 3.63) is 52.8 Å². The zero-order valence-electron chi connectivity index (χ0n) is 11.9. The van der Waals surface area contributed by atoms with Gasteiger partial charge in [-0.15, -0.1) is 0 Å². The third-order valence-corrected chi connectivity index (χ3v) is 4.29. The normalized spacial score (nSPS) is 17.2. The van der Waals surface area contributed by atoms with E-state index in [0.29, 0.717) is 17.6 Å². The minimum Gasteiger partial charge on any atom is -0.291 e. The number of nitrogens with one attached hydrogen (secondary N) is 1. The lowest BCUT2D eigenvalue weighted by molar-refractivity contribution is 0.344. The Bertz CT molecular complexity index is 669. The molecule has 1 aromatic carbocycles. The molecule has 1 aliphatic carbocycles. The Labute approximate surface area is 129 Å². The third-order valence-electron chi connectivity index (χ3n) is 3.92. The fourth-order valence-electron chi connectivity index (χ4n) is 2.46. The highest BCUT2D eigenvalue weighted by molar-refractivity contribution is 6.31. The van der Waals surface area contributed by atoms with E-state index in [0.717, 1.165) is 24.1 Å². The van der Waals surface area contributed by atoms with E-state index in [9.17, 15) is 5.26 Å². The quantitative estimate of drug-likeness (QED) is 0.923. The fraction of sp³-hybridized carbons (Fsp3) is 0.375. The second-order valence-electron chi connectivity index (χ2n) is 5.54. The molecule has 1 fully saturated rings. The average Bonchev–Trinajstić information content (AvgIpc) is 3.28. The maximum atomic E-state index is 9.88. The van der Waals surface area contributed by atoms with Crippen molar-refractivity contribution in [3.8, 4) is 6.07 Å². The third kappa shape index (κ3) is 2.80. The van der Waals surface area contributed by atoms with Gasteiger partial charge in [0.2, 0.25) is 0 Å². The maximum absolute atomic E-state index is 9.88. The molecule has 1 aliphatic rings. The van der Waals surface area contributed by atoms with Gasteiger partial charge in [0.25, 0.3) is 0 Å². The number of aromatic nitrogens is 2. The molecule has 1 saturated carbocycles. The summed E-state index contributed by atoms with van der Waals surface area (Å²) in [6, 6.07) is 12.7. The summed E-state index contributed by atoms with van der Waals surface area (Å²) in [5.41, 5.74) is 1.07. The lowest BCUT2D eigenvalue weighted by atomic mass is 9.91. The first kappa shape index (κ1) is 14.1. The molecule has 0 saturated heterocycles. The highest BCUT2D eigenvalue weighted by Gasteiger charge is 2.39. The summed E-state index contributed by atoms with van der Waals surface area (Å²) >= 11 is 6.08. The first-order valence-corrected chi connectivity index (χ1v) is 7.45. The summed E-state index contributed by atoms with van der Waals surface area (Å²) in [6.07, 6.45) is 3.87. The Morgan fingerprint density at radius 1 is 1.43 bits per heavy atom. The molecule has 108 valence electrons. The largest absolute Gasteiger partial charge is 0.291 e. The molecule has 3 rings (SSSR count). The molecule has 1 aromatic heterocycles. The second kappa shape index (κ2) is 5.51. The lowest BCUT2D eigenvalue weighted by Gasteiger charge is -2.29. The van der Waals surface area contributed by atoms with Gasteiger partial charge in [-0.1, -0.05) is 41.9 Å². The Kier molecular flexibility index (Phi) is 3.71. The minimum absolute atomic E-state index is 0.413. The van der Waals surface area contributed by atoms with Gasteiger partial charge in [0.05, 0.1) is 29.5 Å². The van der Waals surface area contributed by atoms with Gasteiger partial charge in [-0.3, -0.25) is 10.00 Å². The lowest BCUT2D eigenvalue weighted by Crippen LogP contribution is -2.46. The van der Waals surface area contributed by atoms with Crippen LogP contribution in [-0.2, 0) is 12.1 Å². The maximum Gasteiger partial charge on any atom is 0.152 e. The van der Waals surface area contributed by atoms with Crippen molar-refractivity contribution in [2.45, 2.75) is 37.9 Å². The number of hydrogen-bond donors (Lipinski definition) is 1. The minimum atomic E-state index is -0.775. The highest BCUT2D eigenvalue weighted by atomic mass is 35.5. The predicted molar refractivity (Wildman–Crippen MR) is 81.9 cm³/mol. The molecule has 21 heavy (non-hydrogen) atoms. The van der Waals surface area contributed by atoms with E-state index in [1.807, 2.05) is 37.3 Å². The summed E-state index contributed by atoms with van der Waals surface area (Å²) < 4.78 is 1.80. The van der Waals surface area contributed by atoms with E-state index in [-0.39, 0.29) is 0 Å². The van der Waals surface area contributed by atoms with Crippen LogP contribution in [0.5, 0.6) is 0 Å². The summed E-state index contributed by atoms with van der Waals surface area (Å²) in [4.78, 5) is 0. The van der Waals surface area contributed by atoms with Gasteiger partial charge in [-0.2, -0.15) is 10.4 Å². The Hall–Kier alpha value is -1.83. The summed E-state index contributed by atoms with van der Waals surface area (Å²) in [7, 11) is 0. The molecule has 1 heterocycles. The highest BCUT2D eigenvalue weighted by Crippen LogP contribution is 2.30. The van der Waals surface area contributed by atoms with E-state index in [1.165, 1.54) is 0 Å². The van der Waals surface area contributed by atoms with Crippen LogP contribution < -0.4 is 5.32 Å². The monoisotopic (exact) mass is 300 g/mol. The van der Waals surface area contributed by atoms with Gasteiger partial charge < -0.3 is 0 Å². The number of benzene rings is 1. The Morgan fingerprint density at radius 2 is 2.14 bits per heavy atom. The summed E-state index contributed by atoms with van der Waals surface area (Å²) in [5, 5.41) is 18.3. The number of nitriles is 1. The molecule has 0 spiro atoms. The van der Waals surface area contributed by atoms with Crippen molar-refractivity contribution in [1.82, 2.24) is 15.1 Å². The van der Waals surface area contributed by atoms with Gasteiger partial charge in [0, 0.05) is 6.04 Å². The van der Waals surface area contributed by atoms with Crippen LogP contribution in [0.3, 0.4) is 0 Å². The van der Waals surface area contributed by atoms with Crippen LogP contribution in [0.4, 0.5) is 0 Å². The van der Waals surface area contributed by atoms with Crippen LogP contribution in [0.25, 0.3) is 0 Å². The van der Waals surface area contributed by atoms with Crippen molar-refractivity contribution in [3.63, 3.8) is 0 Å². The molecule has 5 heteroatoms. The molecule has 0 radical (unpaired) electrons. The molecule has 2 aromatic rings. The fourth-order valence-corrected chi connectivity index (χ4v) is 2.60. The van der Waals surface area contributed by atoms with Crippen molar-refractivity contribution in [1.29, 1.82) is 5.26 Å². The molecule has 1 unspecified atom stereocenters. The van der Waals surface area contributed by atoms with E-state index in [4.69, 9.17) is 11.6 Å². The number of nitrogens with zero attached hydrogens (tertiary/aromatic N) is 3. The van der Waals surface area contributed by atoms with Crippen LogP contribution in [0.15, 0.2) is 36.5 Å². The average molecular weight is 301 g/mol. The standard InChI is InChI=1S/C16H17ClN4/c1-12-15(17)9-19-21(12)11-16(10-18,20-14-7-8-14)13-5-3-2-4-6-13/h2-6,9,14,20H,7-8,11H2,1H3. The van der Waals surface area contributed by atoms with Crippen molar-refractivity contribution in [2.75, 3.05) is 0 Å². The molecular weight excluding hydrogens is 284 g/mol. The van der Waals surface area contributed by atoms with Crippen molar-refractivity contribution >= 4 is 11.6 Å². The molecule has 1 atom stereocenters. The topological polar surface area (TPSA) is 53.6 Å². The molecule has 4 nitrogen and oxygen atoms in total. The van der Waals surface area contributed by atoms with Crippen LogP contribution >= 0.6 is 11.6 Å². The van der Waals surface area contributed by atoms with Crippen LogP contribution in [0.2, 0.25) is 5.02 Å². The van der Waals surface area contributed by atoms with Gasteiger partial charge in [0.15, 0.2) is 5.54 Å². The van der Waals surface area contributed by atoms with Crippen molar-refractivity contribution in [2.24, 2.45) is 0 Å². The SMILES string of the molecule is Cc1c(Cl)cnn1CC(C#N)(NC1CC1)c1ccccc1. The Morgan fingerprint density at radius 3 is 2.67 bits per heavy atom. The van der Waals surface area contributed by atoms with E-state index < -0.39 is 5.54 Å². The first-order chi connectivity index (χ1) is 10.1. The zero-order chi connectivity index (χ0) is 14.9. The molecule has 0 aliphatic heterocycles. The molecule has 0 amide bonds. The second-order valence-corrected chi connectivity index (χ2v) is 5.94. The van der Waals surface area contributed by atoms with Crippen molar-refractivity contribution < 1.29 is 0 Å². The smallest absolute Gasteiger partial charge is 0.152 e. The summed E-state index contributed by atoms with van der Waals surface area (Å²) in [6.45, 7) is 2.36. The molecular formula is C16H17ClN4. The van der Waals surface area contributed by atoms with Crippen LogP contribution in [0.1, 0.15) is 24.1 Å². The van der Waals surface area contributed by atoms with E-state index >= 15 is 0 Å². The predicted octanol–water partition coefficient (Wildman–Crippen LogP) is 3.02. The van der Waals surface area contributed by atoms with E-state index in [1.54, 1.807) is 10.9 Å². The molecule has 1 N–H and O–H groups in total. The van der Waals surface area contributed by atoms with Gasteiger partial charge in [0.1, 0.15) is 0 Å². The summed E-state index contributed by atoms with van der Waals surface area (Å²) in [5.74, 6) is 0. The molecule has 0 bridgehead atoms. The first-order valence-electron chi connectivity index (χ1n) is 7.07. The van der Waals surface area contributed by atoms with Gasteiger partial charge >= 0.3 is 0 Å². The number of rotatable bonds is 5. The Balaban J connectivity index is 1.99. The van der Waals surface area contributed by atoms with E-state index in [2.05, 4.69) is 16.5 Å². The van der Waals surface area contributed by atoms with Gasteiger partial charge in [-0.05, 0) is 25.3 Å².